The summed E-state index contributed by atoms with van der Waals surface area (Å²) >= 11 is 0. The maximum atomic E-state index is 14.0. The molecule has 2 aromatic carbocycles. The number of carbonyl (C=O) groups is 4. The second-order valence-corrected chi connectivity index (χ2v) is 10.5. The van der Waals surface area contributed by atoms with Crippen LogP contribution in [0.3, 0.4) is 0 Å². The van der Waals surface area contributed by atoms with Crippen LogP contribution < -0.4 is 16.0 Å². The van der Waals surface area contributed by atoms with Gasteiger partial charge in [-0.15, -0.1) is 0 Å². The third kappa shape index (κ3) is 8.57. The lowest BCUT2D eigenvalue weighted by Gasteiger charge is -2.39. The second kappa shape index (κ2) is 16.3. The van der Waals surface area contributed by atoms with Crippen molar-refractivity contribution in [2.24, 2.45) is 0 Å². The largest absolute Gasteiger partial charge is 0.396 e. The van der Waals surface area contributed by atoms with Crippen LogP contribution >= 0.6 is 0 Å². The molecule has 4 atom stereocenters. The number of nitrogens with one attached hydrogen (secondary N) is 3. The molecule has 2 heterocycles. The van der Waals surface area contributed by atoms with E-state index < -0.39 is 24.2 Å². The Morgan fingerprint density at radius 3 is 2.09 bits per heavy atom. The van der Waals surface area contributed by atoms with Crippen molar-refractivity contribution < 1.29 is 33.9 Å². The number of nitrogens with zero attached hydrogens (tertiary/aromatic N) is 2. The number of benzene rings is 2. The van der Waals surface area contributed by atoms with Gasteiger partial charge in [-0.3, -0.25) is 19.2 Å². The fraction of sp³-hybridized carbons (Fsp3) is 0.452. The van der Waals surface area contributed by atoms with Crippen molar-refractivity contribution >= 4 is 29.8 Å². The van der Waals surface area contributed by atoms with Crippen molar-refractivity contribution in [1.29, 1.82) is 0 Å². The van der Waals surface area contributed by atoms with Gasteiger partial charge in [0.25, 0.3) is 0 Å². The predicted molar refractivity (Wildman–Crippen MR) is 155 cm³/mol. The Hall–Kier alpha value is -4.38. The van der Waals surface area contributed by atoms with E-state index in [1.54, 1.807) is 18.9 Å². The molecule has 0 radical (unpaired) electrons. The summed E-state index contributed by atoms with van der Waals surface area (Å²) in [5.74, 6) is -1.28. The highest BCUT2D eigenvalue weighted by Gasteiger charge is 2.45. The fourth-order valence-corrected chi connectivity index (χ4v) is 5.54. The van der Waals surface area contributed by atoms with Gasteiger partial charge < -0.3 is 30.9 Å². The van der Waals surface area contributed by atoms with Crippen LogP contribution in [0.25, 0.3) is 0 Å². The summed E-state index contributed by atoms with van der Waals surface area (Å²) in [5, 5.41) is 18.1. The quantitative estimate of drug-likeness (QED) is 0.324. The fourth-order valence-electron chi connectivity index (χ4n) is 5.54. The van der Waals surface area contributed by atoms with E-state index >= 15 is 0 Å². The van der Waals surface area contributed by atoms with Crippen molar-refractivity contribution in [3.8, 4) is 0 Å². The Balaban J connectivity index is 0.00000162. The molecule has 230 valence electrons. The van der Waals surface area contributed by atoms with Gasteiger partial charge in [-0.2, -0.15) is 9.59 Å². The van der Waals surface area contributed by atoms with Crippen LogP contribution in [0.15, 0.2) is 60.7 Å². The average Bonchev–Trinajstić information content (AvgIpc) is 3.44. The number of carbonyl (C=O) groups excluding carboxylic acids is 6. The Labute approximate surface area is 250 Å². The minimum absolute atomic E-state index is 0.0198. The van der Waals surface area contributed by atoms with Crippen LogP contribution in [0.1, 0.15) is 49.8 Å². The molecule has 0 spiro atoms. The van der Waals surface area contributed by atoms with E-state index in [1.165, 1.54) is 4.90 Å². The van der Waals surface area contributed by atoms with E-state index in [4.69, 9.17) is 9.59 Å². The highest BCUT2D eigenvalue weighted by molar-refractivity contribution is 5.94. The predicted octanol–water partition coefficient (Wildman–Crippen LogP) is 0.376. The van der Waals surface area contributed by atoms with Gasteiger partial charge in [-0.1, -0.05) is 60.7 Å². The molecular formula is C31H39N5O7. The zero-order valence-corrected chi connectivity index (χ0v) is 24.4. The number of likely N-dealkylation sites (N-methyl/N-ethyl adjacent to an activating group) is 1. The topological polar surface area (TPSA) is 165 Å². The first-order valence-electron chi connectivity index (χ1n) is 14.3. The molecule has 0 unspecified atom stereocenters. The molecule has 12 heteroatoms. The summed E-state index contributed by atoms with van der Waals surface area (Å²) < 4.78 is 0. The Morgan fingerprint density at radius 1 is 0.977 bits per heavy atom. The number of amides is 4. The van der Waals surface area contributed by atoms with Gasteiger partial charge >= 0.3 is 6.15 Å². The number of hydrogen-bond acceptors (Lipinski definition) is 8. The third-order valence-electron chi connectivity index (χ3n) is 7.87. The molecular weight excluding hydrogens is 554 g/mol. The van der Waals surface area contributed by atoms with Crippen molar-refractivity contribution in [3.05, 3.63) is 71.8 Å². The molecule has 2 saturated heterocycles. The van der Waals surface area contributed by atoms with Crippen molar-refractivity contribution in [2.45, 2.75) is 62.8 Å². The molecule has 2 aliphatic rings. The van der Waals surface area contributed by atoms with E-state index in [2.05, 4.69) is 16.0 Å². The summed E-state index contributed by atoms with van der Waals surface area (Å²) in [6.07, 6.45) is 1.81. The van der Waals surface area contributed by atoms with Gasteiger partial charge in [-0.05, 0) is 44.4 Å². The van der Waals surface area contributed by atoms with Gasteiger partial charge in [0, 0.05) is 25.6 Å². The molecule has 2 aromatic rings. The molecule has 0 aliphatic carbocycles. The van der Waals surface area contributed by atoms with E-state index in [0.29, 0.717) is 25.8 Å². The Morgan fingerprint density at radius 2 is 1.56 bits per heavy atom. The van der Waals surface area contributed by atoms with E-state index in [-0.39, 0.29) is 55.4 Å². The van der Waals surface area contributed by atoms with Crippen LogP contribution in [0.2, 0.25) is 0 Å². The zero-order valence-electron chi connectivity index (χ0n) is 24.4. The Bertz CT molecular complexity index is 1230. The lowest BCUT2D eigenvalue weighted by molar-refractivity contribution is -0.191. The summed E-state index contributed by atoms with van der Waals surface area (Å²) in [6.45, 7) is 1.73. The second-order valence-electron chi connectivity index (χ2n) is 10.5. The maximum Gasteiger partial charge on any atom is 0.373 e. The number of aliphatic hydroxyl groups excluding tert-OH is 1. The minimum Gasteiger partial charge on any atom is -0.396 e. The molecule has 12 nitrogen and oxygen atoms in total. The number of fused-ring (bicyclic) bond motifs is 1. The van der Waals surface area contributed by atoms with Crippen LogP contribution in [0.5, 0.6) is 0 Å². The van der Waals surface area contributed by atoms with Crippen LogP contribution in [0.4, 0.5) is 0 Å². The minimum atomic E-state index is -1.01. The van der Waals surface area contributed by atoms with E-state index in [9.17, 15) is 24.3 Å². The van der Waals surface area contributed by atoms with E-state index in [0.717, 1.165) is 11.1 Å². The molecule has 43 heavy (non-hydrogen) atoms. The normalized spacial score (nSPS) is 20.5. The first-order valence-corrected chi connectivity index (χ1v) is 14.3. The van der Waals surface area contributed by atoms with Gasteiger partial charge in [0.1, 0.15) is 12.1 Å². The summed E-state index contributed by atoms with van der Waals surface area (Å²) in [5.41, 5.74) is 1.86. The molecule has 4 rings (SSSR count). The first-order chi connectivity index (χ1) is 20.7. The third-order valence-corrected chi connectivity index (χ3v) is 7.87. The SMILES string of the molecule is CN[C@@H](C)C(=O)N[C@H]1CN(C(=O)CCO)CC[C@H]2CC[C@@H](C(=O)NC(c3ccccc3)c3ccccc3)N2C1=O.O=C=O. The van der Waals surface area contributed by atoms with Crippen LogP contribution in [-0.4, -0.2) is 95.6 Å². The summed E-state index contributed by atoms with van der Waals surface area (Å²) in [7, 11) is 1.65. The smallest absolute Gasteiger partial charge is 0.373 e. The average molecular weight is 594 g/mol. The lowest BCUT2D eigenvalue weighted by Crippen LogP contribution is -2.62. The number of hydrogen-bond donors (Lipinski definition) is 4. The maximum absolute atomic E-state index is 14.0. The van der Waals surface area contributed by atoms with Gasteiger partial charge in [-0.25, -0.2) is 0 Å². The molecule has 0 saturated carbocycles. The van der Waals surface area contributed by atoms with Gasteiger partial charge in [0.2, 0.25) is 23.6 Å². The van der Waals surface area contributed by atoms with Gasteiger partial charge in [0.05, 0.1) is 18.7 Å². The summed E-state index contributed by atoms with van der Waals surface area (Å²) in [4.78, 5) is 72.8. The molecule has 4 amide bonds. The lowest BCUT2D eigenvalue weighted by atomic mass is 9.98. The van der Waals surface area contributed by atoms with Crippen molar-refractivity contribution in [3.63, 3.8) is 0 Å². The van der Waals surface area contributed by atoms with E-state index in [1.807, 2.05) is 60.7 Å². The highest BCUT2D eigenvalue weighted by atomic mass is 16.3. The van der Waals surface area contributed by atoms with Crippen molar-refractivity contribution in [2.75, 3.05) is 26.7 Å². The Kier molecular flexibility index (Phi) is 12.6. The zero-order chi connectivity index (χ0) is 31.4. The van der Waals surface area contributed by atoms with Crippen LogP contribution in [-0.2, 0) is 28.8 Å². The first kappa shape index (κ1) is 33.1. The molecule has 2 fully saturated rings. The van der Waals surface area contributed by atoms with Gasteiger partial charge in [0.15, 0.2) is 0 Å². The van der Waals surface area contributed by atoms with Crippen molar-refractivity contribution in [1.82, 2.24) is 25.8 Å². The monoisotopic (exact) mass is 593 g/mol. The molecule has 0 bridgehead atoms. The summed E-state index contributed by atoms with van der Waals surface area (Å²) in [6, 6.07) is 16.5. The highest BCUT2D eigenvalue weighted by Crippen LogP contribution is 2.31. The standard InChI is InChI=1S/C30H39N5O5.CO2/c1-20(31-2)28(38)32-24-19-34(26(37)16-18-36)17-15-23-13-14-25(35(23)30(24)40)29(39)33-27(21-9-5-3-6-10-21)22-11-7-4-8-12-22;2-1-3/h3-12,20,23-25,27,31,36H,13-19H2,1-2H3,(H,32,38)(H,33,39);/t20-,23+,24-,25-;/m0./s1. The number of aliphatic hydroxyl groups is 1. The molecule has 2 aliphatic heterocycles. The molecule has 4 N–H and O–H groups in total. The number of rotatable bonds is 9. The van der Waals surface area contributed by atoms with Crippen LogP contribution in [0, 0.1) is 0 Å². The molecule has 0 aromatic heterocycles.